The van der Waals surface area contributed by atoms with Gasteiger partial charge in [-0.1, -0.05) is 37.3 Å². The number of hydrogen-bond acceptors (Lipinski definition) is 3. The van der Waals surface area contributed by atoms with Crippen molar-refractivity contribution in [1.82, 2.24) is 4.90 Å². The van der Waals surface area contributed by atoms with Gasteiger partial charge in [-0.05, 0) is 31.0 Å². The Morgan fingerprint density at radius 3 is 2.80 bits per heavy atom. The molecule has 0 bridgehead atoms. The average Bonchev–Trinajstić information content (AvgIpc) is 2.82. The van der Waals surface area contributed by atoms with Crippen LogP contribution >= 0.6 is 12.4 Å². The predicted octanol–water partition coefficient (Wildman–Crippen LogP) is 2.80. The van der Waals surface area contributed by atoms with E-state index in [1.807, 2.05) is 18.2 Å². The van der Waals surface area contributed by atoms with Crippen molar-refractivity contribution in [3.8, 4) is 5.75 Å². The van der Waals surface area contributed by atoms with Crippen molar-refractivity contribution >= 4 is 18.5 Å². The quantitative estimate of drug-likeness (QED) is 0.908. The van der Waals surface area contributed by atoms with E-state index in [2.05, 4.69) is 30.0 Å². The maximum absolute atomic E-state index is 5.83. The summed E-state index contributed by atoms with van der Waals surface area (Å²) in [6, 6.07) is 8.08. The Labute approximate surface area is 128 Å². The second-order valence-electron chi connectivity index (χ2n) is 5.64. The summed E-state index contributed by atoms with van der Waals surface area (Å²) in [5.41, 5.74) is 7.26. The van der Waals surface area contributed by atoms with Gasteiger partial charge in [-0.25, -0.2) is 0 Å². The summed E-state index contributed by atoms with van der Waals surface area (Å²) in [7, 11) is 1.71. The van der Waals surface area contributed by atoms with Crippen LogP contribution in [0, 0.1) is 5.41 Å². The number of hydrogen-bond donors (Lipinski definition) is 1. The van der Waals surface area contributed by atoms with E-state index < -0.39 is 0 Å². The zero-order valence-corrected chi connectivity index (χ0v) is 13.2. The van der Waals surface area contributed by atoms with Crippen LogP contribution in [0.15, 0.2) is 30.3 Å². The third kappa shape index (κ3) is 4.23. The summed E-state index contributed by atoms with van der Waals surface area (Å²) in [5, 5.41) is 0. The van der Waals surface area contributed by atoms with Crippen LogP contribution in [-0.2, 0) is 0 Å². The summed E-state index contributed by atoms with van der Waals surface area (Å²) in [6.07, 6.45) is 5.54. The van der Waals surface area contributed by atoms with E-state index in [4.69, 9.17) is 10.5 Å². The molecule has 0 spiro atoms. The van der Waals surface area contributed by atoms with Crippen LogP contribution in [0.2, 0.25) is 0 Å². The van der Waals surface area contributed by atoms with E-state index in [0.29, 0.717) is 5.41 Å². The molecular weight excluding hydrogens is 272 g/mol. The molecule has 2 N–H and O–H groups in total. The highest BCUT2D eigenvalue weighted by molar-refractivity contribution is 5.85. The molecule has 1 aromatic carbocycles. The number of para-hydroxylation sites is 1. The largest absolute Gasteiger partial charge is 0.496 e. The van der Waals surface area contributed by atoms with Gasteiger partial charge in [0.2, 0.25) is 0 Å². The first-order valence-electron chi connectivity index (χ1n) is 6.89. The highest BCUT2D eigenvalue weighted by Crippen LogP contribution is 2.28. The molecule has 0 aliphatic carbocycles. The first-order chi connectivity index (χ1) is 9.17. The van der Waals surface area contributed by atoms with Gasteiger partial charge in [-0.2, -0.15) is 0 Å². The van der Waals surface area contributed by atoms with Crippen LogP contribution in [0.5, 0.6) is 5.75 Å². The number of ether oxygens (including phenoxy) is 1. The van der Waals surface area contributed by atoms with Gasteiger partial charge in [0.15, 0.2) is 0 Å². The molecule has 1 saturated heterocycles. The van der Waals surface area contributed by atoms with Crippen molar-refractivity contribution in [2.75, 3.05) is 33.3 Å². The van der Waals surface area contributed by atoms with E-state index in [9.17, 15) is 0 Å². The highest BCUT2D eigenvalue weighted by atomic mass is 35.5. The molecule has 0 aromatic heterocycles. The summed E-state index contributed by atoms with van der Waals surface area (Å²) in [6.45, 7) is 6.27. The standard InChI is InChI=1S/C16H24N2O.ClH/c1-16(12-17)9-11-18(13-16)10-5-7-14-6-3-4-8-15(14)19-2;/h3-8H,9-13,17H2,1-2H3;1H/b7-5+;. The van der Waals surface area contributed by atoms with Gasteiger partial charge in [0, 0.05) is 18.7 Å². The molecule has 3 nitrogen and oxygen atoms in total. The van der Waals surface area contributed by atoms with E-state index in [1.165, 1.54) is 6.42 Å². The fourth-order valence-electron chi connectivity index (χ4n) is 2.58. The summed E-state index contributed by atoms with van der Waals surface area (Å²) in [4.78, 5) is 2.46. The number of benzene rings is 1. The molecule has 112 valence electrons. The van der Waals surface area contributed by atoms with Crippen molar-refractivity contribution in [3.05, 3.63) is 35.9 Å². The van der Waals surface area contributed by atoms with Crippen LogP contribution in [0.1, 0.15) is 18.9 Å². The number of halogens is 1. The van der Waals surface area contributed by atoms with Crippen LogP contribution in [-0.4, -0.2) is 38.2 Å². The van der Waals surface area contributed by atoms with Crippen molar-refractivity contribution in [2.45, 2.75) is 13.3 Å². The van der Waals surface area contributed by atoms with Crippen LogP contribution in [0.3, 0.4) is 0 Å². The molecule has 2 rings (SSSR count). The molecule has 0 amide bonds. The molecule has 1 unspecified atom stereocenters. The molecule has 0 radical (unpaired) electrons. The molecule has 1 heterocycles. The lowest BCUT2D eigenvalue weighted by Crippen LogP contribution is -2.31. The first-order valence-corrected chi connectivity index (χ1v) is 6.89. The summed E-state index contributed by atoms with van der Waals surface area (Å²) >= 11 is 0. The summed E-state index contributed by atoms with van der Waals surface area (Å²) < 4.78 is 5.34. The number of methoxy groups -OCH3 is 1. The minimum atomic E-state index is 0. The molecule has 1 aromatic rings. The zero-order valence-electron chi connectivity index (χ0n) is 12.3. The van der Waals surface area contributed by atoms with Gasteiger partial charge in [0.05, 0.1) is 7.11 Å². The van der Waals surface area contributed by atoms with Crippen LogP contribution in [0.25, 0.3) is 6.08 Å². The molecule has 1 aliphatic rings. The Morgan fingerprint density at radius 2 is 2.15 bits per heavy atom. The molecule has 1 fully saturated rings. The van der Waals surface area contributed by atoms with Crippen molar-refractivity contribution in [3.63, 3.8) is 0 Å². The first kappa shape index (κ1) is 17.0. The molecule has 1 atom stereocenters. The lowest BCUT2D eigenvalue weighted by molar-refractivity contribution is 0.300. The third-order valence-electron chi connectivity index (χ3n) is 3.93. The van der Waals surface area contributed by atoms with Crippen LogP contribution < -0.4 is 10.5 Å². The zero-order chi connectivity index (χ0) is 13.7. The monoisotopic (exact) mass is 296 g/mol. The normalized spacial score (nSPS) is 22.9. The molecule has 20 heavy (non-hydrogen) atoms. The number of rotatable bonds is 5. The van der Waals surface area contributed by atoms with Gasteiger partial charge in [-0.15, -0.1) is 12.4 Å². The van der Waals surface area contributed by atoms with Gasteiger partial charge < -0.3 is 10.5 Å². The van der Waals surface area contributed by atoms with E-state index in [-0.39, 0.29) is 12.4 Å². The molecular formula is C16H25ClN2O. The fourth-order valence-corrected chi connectivity index (χ4v) is 2.58. The lowest BCUT2D eigenvalue weighted by atomic mass is 9.90. The predicted molar refractivity (Wildman–Crippen MR) is 87.5 cm³/mol. The smallest absolute Gasteiger partial charge is 0.126 e. The van der Waals surface area contributed by atoms with E-state index >= 15 is 0 Å². The third-order valence-corrected chi connectivity index (χ3v) is 3.93. The van der Waals surface area contributed by atoms with Gasteiger partial charge in [0.25, 0.3) is 0 Å². The number of likely N-dealkylation sites (tertiary alicyclic amines) is 1. The van der Waals surface area contributed by atoms with Gasteiger partial charge >= 0.3 is 0 Å². The molecule has 0 saturated carbocycles. The maximum Gasteiger partial charge on any atom is 0.126 e. The second-order valence-corrected chi connectivity index (χ2v) is 5.64. The van der Waals surface area contributed by atoms with Gasteiger partial charge in [0.1, 0.15) is 5.75 Å². The molecule has 1 aliphatic heterocycles. The highest BCUT2D eigenvalue weighted by Gasteiger charge is 2.31. The summed E-state index contributed by atoms with van der Waals surface area (Å²) in [5.74, 6) is 0.923. The maximum atomic E-state index is 5.83. The van der Waals surface area contributed by atoms with Crippen LogP contribution in [0.4, 0.5) is 0 Å². The Hall–Kier alpha value is -1.03. The number of nitrogens with two attached hydrogens (primary N) is 1. The van der Waals surface area contributed by atoms with Gasteiger partial charge in [-0.3, -0.25) is 4.90 Å². The Balaban J connectivity index is 0.00000200. The van der Waals surface area contributed by atoms with Crippen molar-refractivity contribution in [2.24, 2.45) is 11.1 Å². The SMILES string of the molecule is COc1ccccc1/C=C/CN1CCC(C)(CN)C1.Cl. The minimum Gasteiger partial charge on any atom is -0.496 e. The Bertz CT molecular complexity index is 450. The Morgan fingerprint density at radius 1 is 1.40 bits per heavy atom. The fraction of sp³-hybridized carbons (Fsp3) is 0.500. The number of nitrogens with zero attached hydrogens (tertiary/aromatic N) is 1. The minimum absolute atomic E-state index is 0. The van der Waals surface area contributed by atoms with Crippen molar-refractivity contribution in [1.29, 1.82) is 0 Å². The second kappa shape index (κ2) is 7.67. The van der Waals surface area contributed by atoms with Crippen molar-refractivity contribution < 1.29 is 4.74 Å². The van der Waals surface area contributed by atoms with E-state index in [0.717, 1.165) is 37.5 Å². The Kier molecular flexibility index (Phi) is 6.53. The van der Waals surface area contributed by atoms with E-state index in [1.54, 1.807) is 7.11 Å². The topological polar surface area (TPSA) is 38.5 Å². The lowest BCUT2D eigenvalue weighted by Gasteiger charge is -2.21. The molecule has 4 heteroatoms. The average molecular weight is 297 g/mol.